The van der Waals surface area contributed by atoms with Crippen molar-refractivity contribution in [1.29, 1.82) is 0 Å². The molecule has 18 heavy (non-hydrogen) atoms. The first kappa shape index (κ1) is 12.5. The van der Waals surface area contributed by atoms with Gasteiger partial charge in [-0.2, -0.15) is 0 Å². The fourth-order valence-corrected chi connectivity index (χ4v) is 1.63. The quantitative estimate of drug-likeness (QED) is 0.897. The minimum absolute atomic E-state index is 0.0561. The molecule has 0 heterocycles. The lowest BCUT2D eigenvalue weighted by Gasteiger charge is -2.12. The molecule has 0 aliphatic carbocycles. The molecule has 1 N–H and O–H groups in total. The van der Waals surface area contributed by atoms with Gasteiger partial charge < -0.3 is 9.84 Å². The number of benzene rings is 2. The Morgan fingerprint density at radius 1 is 1.06 bits per heavy atom. The number of aliphatic hydroxyl groups is 1. The van der Waals surface area contributed by atoms with E-state index < -0.39 is 17.7 Å². The Bertz CT molecular complexity index is 533. The van der Waals surface area contributed by atoms with E-state index in [2.05, 4.69) is 0 Å². The van der Waals surface area contributed by atoms with Crippen LogP contribution in [0.15, 0.2) is 42.5 Å². The maximum Gasteiger partial charge on any atom is 0.133 e. The second-order valence-electron chi connectivity index (χ2n) is 3.92. The van der Waals surface area contributed by atoms with E-state index in [1.807, 2.05) is 0 Å². The summed E-state index contributed by atoms with van der Waals surface area (Å²) in [5.74, 6) is -0.989. The third kappa shape index (κ3) is 2.84. The lowest BCUT2D eigenvalue weighted by molar-refractivity contribution is 0.195. The molecule has 2 aromatic rings. The average Bonchev–Trinajstić information content (AvgIpc) is 2.27. The van der Waals surface area contributed by atoms with Crippen LogP contribution in [0, 0.1) is 11.6 Å². The van der Waals surface area contributed by atoms with Crippen LogP contribution in [0.3, 0.4) is 0 Å². The lowest BCUT2D eigenvalue weighted by atomic mass is 10.1. The molecule has 0 radical (unpaired) electrons. The molecule has 1 atom stereocenters. The number of rotatable bonds is 3. The van der Waals surface area contributed by atoms with E-state index in [0.29, 0.717) is 11.3 Å². The number of hydrogen-bond acceptors (Lipinski definition) is 2. The molecule has 0 aromatic heterocycles. The van der Waals surface area contributed by atoms with Crippen molar-refractivity contribution in [2.24, 2.45) is 0 Å². The summed E-state index contributed by atoms with van der Waals surface area (Å²) in [6.45, 7) is 1.59. The van der Waals surface area contributed by atoms with Gasteiger partial charge in [0.15, 0.2) is 0 Å². The summed E-state index contributed by atoms with van der Waals surface area (Å²) in [6.07, 6.45) is -0.723. The molecular formula is C14H12F2O2. The summed E-state index contributed by atoms with van der Waals surface area (Å²) >= 11 is 0. The molecular weight excluding hydrogens is 238 g/mol. The molecule has 94 valence electrons. The predicted molar refractivity (Wildman–Crippen MR) is 63.5 cm³/mol. The molecule has 0 bridgehead atoms. The maximum absolute atomic E-state index is 13.0. The number of halogens is 2. The minimum Gasteiger partial charge on any atom is -0.457 e. The van der Waals surface area contributed by atoms with Crippen LogP contribution in [0.1, 0.15) is 18.6 Å². The first-order valence-corrected chi connectivity index (χ1v) is 5.47. The Morgan fingerprint density at radius 2 is 1.67 bits per heavy atom. The SMILES string of the molecule is C[C@@H](O)c1ccccc1Oc1cc(F)cc(F)c1. The smallest absolute Gasteiger partial charge is 0.133 e. The third-order valence-electron chi connectivity index (χ3n) is 2.43. The summed E-state index contributed by atoms with van der Waals surface area (Å²) in [5, 5.41) is 9.56. The van der Waals surface area contributed by atoms with E-state index in [0.717, 1.165) is 18.2 Å². The highest BCUT2D eigenvalue weighted by Gasteiger charge is 2.10. The molecule has 2 aromatic carbocycles. The molecule has 2 nitrogen and oxygen atoms in total. The van der Waals surface area contributed by atoms with Crippen LogP contribution in [0.5, 0.6) is 11.5 Å². The Hall–Kier alpha value is -1.94. The fourth-order valence-electron chi connectivity index (χ4n) is 1.63. The number of ether oxygens (including phenoxy) is 1. The van der Waals surface area contributed by atoms with Crippen LogP contribution in [0.2, 0.25) is 0 Å². The predicted octanol–water partition coefficient (Wildman–Crippen LogP) is 3.81. The molecule has 0 unspecified atom stereocenters. The molecule has 0 fully saturated rings. The first-order chi connectivity index (χ1) is 8.56. The van der Waals surface area contributed by atoms with E-state index in [-0.39, 0.29) is 5.75 Å². The largest absolute Gasteiger partial charge is 0.457 e. The molecule has 4 heteroatoms. The first-order valence-electron chi connectivity index (χ1n) is 5.47. The van der Waals surface area contributed by atoms with Crippen LogP contribution in [0.4, 0.5) is 8.78 Å². The van der Waals surface area contributed by atoms with Crippen molar-refractivity contribution in [2.45, 2.75) is 13.0 Å². The van der Waals surface area contributed by atoms with Crippen molar-refractivity contribution in [1.82, 2.24) is 0 Å². The molecule has 0 saturated heterocycles. The Morgan fingerprint density at radius 3 is 2.28 bits per heavy atom. The fraction of sp³-hybridized carbons (Fsp3) is 0.143. The van der Waals surface area contributed by atoms with Crippen molar-refractivity contribution in [2.75, 3.05) is 0 Å². The topological polar surface area (TPSA) is 29.5 Å². The van der Waals surface area contributed by atoms with Crippen molar-refractivity contribution in [3.05, 3.63) is 59.7 Å². The zero-order valence-electron chi connectivity index (χ0n) is 9.73. The highest BCUT2D eigenvalue weighted by Crippen LogP contribution is 2.29. The van der Waals surface area contributed by atoms with Crippen LogP contribution >= 0.6 is 0 Å². The number of aliphatic hydroxyl groups excluding tert-OH is 1. The van der Waals surface area contributed by atoms with E-state index >= 15 is 0 Å². The zero-order valence-corrected chi connectivity index (χ0v) is 9.73. The normalized spacial score (nSPS) is 12.2. The van der Waals surface area contributed by atoms with Gasteiger partial charge in [0, 0.05) is 23.8 Å². The second kappa shape index (κ2) is 5.14. The van der Waals surface area contributed by atoms with Crippen LogP contribution in [-0.2, 0) is 0 Å². The van der Waals surface area contributed by atoms with Gasteiger partial charge in [-0.1, -0.05) is 18.2 Å². The Kier molecular flexibility index (Phi) is 3.58. The molecule has 0 spiro atoms. The van der Waals surface area contributed by atoms with Gasteiger partial charge in [-0.3, -0.25) is 0 Å². The van der Waals surface area contributed by atoms with Crippen LogP contribution < -0.4 is 4.74 Å². The van der Waals surface area contributed by atoms with Gasteiger partial charge in [-0.15, -0.1) is 0 Å². The van der Waals surface area contributed by atoms with Crippen LogP contribution in [-0.4, -0.2) is 5.11 Å². The molecule has 0 aliphatic rings. The highest BCUT2D eigenvalue weighted by molar-refractivity contribution is 5.39. The van der Waals surface area contributed by atoms with Gasteiger partial charge in [-0.05, 0) is 13.0 Å². The third-order valence-corrected chi connectivity index (χ3v) is 2.43. The summed E-state index contributed by atoms with van der Waals surface area (Å²) in [6, 6.07) is 9.73. The van der Waals surface area contributed by atoms with E-state index in [9.17, 15) is 13.9 Å². The van der Waals surface area contributed by atoms with Gasteiger partial charge in [0.25, 0.3) is 0 Å². The van der Waals surface area contributed by atoms with Gasteiger partial charge in [0.1, 0.15) is 23.1 Å². The van der Waals surface area contributed by atoms with Crippen molar-refractivity contribution in [3.63, 3.8) is 0 Å². The second-order valence-corrected chi connectivity index (χ2v) is 3.92. The molecule has 2 rings (SSSR count). The van der Waals surface area contributed by atoms with Crippen molar-refractivity contribution < 1.29 is 18.6 Å². The standard InChI is InChI=1S/C14H12F2O2/c1-9(17)13-4-2-3-5-14(13)18-12-7-10(15)6-11(16)8-12/h2-9,17H,1H3/t9-/m1/s1. The maximum atomic E-state index is 13.0. The Labute approximate surface area is 103 Å². The minimum atomic E-state index is -0.723. The van der Waals surface area contributed by atoms with E-state index in [4.69, 9.17) is 4.74 Å². The van der Waals surface area contributed by atoms with Gasteiger partial charge in [-0.25, -0.2) is 8.78 Å². The zero-order chi connectivity index (χ0) is 13.1. The molecule has 0 aliphatic heterocycles. The van der Waals surface area contributed by atoms with Gasteiger partial charge >= 0.3 is 0 Å². The molecule has 0 saturated carbocycles. The van der Waals surface area contributed by atoms with Crippen LogP contribution in [0.25, 0.3) is 0 Å². The summed E-state index contributed by atoms with van der Waals surface area (Å²) in [7, 11) is 0. The van der Waals surface area contributed by atoms with E-state index in [1.165, 1.54) is 0 Å². The van der Waals surface area contributed by atoms with Crippen molar-refractivity contribution >= 4 is 0 Å². The highest BCUT2D eigenvalue weighted by atomic mass is 19.1. The number of hydrogen-bond donors (Lipinski definition) is 1. The number of para-hydroxylation sites is 1. The van der Waals surface area contributed by atoms with E-state index in [1.54, 1.807) is 31.2 Å². The van der Waals surface area contributed by atoms with Gasteiger partial charge in [0.05, 0.1) is 6.10 Å². The Balaban J connectivity index is 2.34. The summed E-state index contributed by atoms with van der Waals surface area (Å²) < 4.78 is 31.4. The lowest BCUT2D eigenvalue weighted by Crippen LogP contribution is -1.96. The molecule has 0 amide bonds. The summed E-state index contributed by atoms with van der Waals surface area (Å²) in [4.78, 5) is 0. The van der Waals surface area contributed by atoms with Gasteiger partial charge in [0.2, 0.25) is 0 Å². The average molecular weight is 250 g/mol. The summed E-state index contributed by atoms with van der Waals surface area (Å²) in [5.41, 5.74) is 0.558. The monoisotopic (exact) mass is 250 g/mol. The van der Waals surface area contributed by atoms with Crippen molar-refractivity contribution in [3.8, 4) is 11.5 Å².